The molecule has 3 aromatic rings. The molecule has 208 valence electrons. The van der Waals surface area contributed by atoms with E-state index in [9.17, 15) is 22.4 Å². The number of nitrogens with one attached hydrogen (secondary N) is 1. The van der Waals surface area contributed by atoms with Gasteiger partial charge in [-0.05, 0) is 75.7 Å². The number of carbonyl (C=O) groups is 2. The third-order valence-corrected chi connectivity index (χ3v) is 8.34. The number of halogens is 3. The molecule has 0 saturated heterocycles. The van der Waals surface area contributed by atoms with E-state index >= 15 is 0 Å². The van der Waals surface area contributed by atoms with Crippen LogP contribution in [0.5, 0.6) is 0 Å². The zero-order chi connectivity index (χ0) is 29.0. The van der Waals surface area contributed by atoms with E-state index in [0.29, 0.717) is 0 Å². The van der Waals surface area contributed by atoms with E-state index in [1.807, 2.05) is 32.9 Å². The lowest BCUT2D eigenvalue weighted by molar-refractivity contribution is -0.140. The van der Waals surface area contributed by atoms with Crippen LogP contribution < -0.4 is 9.62 Å². The van der Waals surface area contributed by atoms with Crippen LogP contribution in [-0.4, -0.2) is 43.3 Å². The number of anilines is 1. The summed E-state index contributed by atoms with van der Waals surface area (Å²) in [5, 5.41) is 2.58. The highest BCUT2D eigenvalue weighted by atomic mass is 79.9. The van der Waals surface area contributed by atoms with Gasteiger partial charge in [-0.3, -0.25) is 13.9 Å². The van der Waals surface area contributed by atoms with Gasteiger partial charge in [0.1, 0.15) is 18.4 Å². The van der Waals surface area contributed by atoms with Gasteiger partial charge in [-0.2, -0.15) is 0 Å². The first kappa shape index (κ1) is 30.6. The average molecular weight is 639 g/mol. The van der Waals surface area contributed by atoms with E-state index in [2.05, 4.69) is 21.2 Å². The second-order valence-corrected chi connectivity index (χ2v) is 13.2. The van der Waals surface area contributed by atoms with Gasteiger partial charge in [-0.15, -0.1) is 0 Å². The van der Waals surface area contributed by atoms with E-state index in [4.69, 9.17) is 11.6 Å². The molecule has 11 heteroatoms. The Hall–Kier alpha value is -2.95. The molecule has 0 aliphatic heterocycles. The smallest absolute Gasteiger partial charge is 0.264 e. The Kier molecular flexibility index (Phi) is 9.79. The molecule has 1 N–H and O–H groups in total. The van der Waals surface area contributed by atoms with E-state index in [-0.39, 0.29) is 22.2 Å². The van der Waals surface area contributed by atoms with Crippen molar-refractivity contribution >= 4 is 55.1 Å². The van der Waals surface area contributed by atoms with Crippen LogP contribution in [0.3, 0.4) is 0 Å². The fraction of sp³-hybridized carbons (Fsp3) is 0.286. The van der Waals surface area contributed by atoms with Crippen molar-refractivity contribution in [1.29, 1.82) is 0 Å². The average Bonchev–Trinajstić information content (AvgIpc) is 2.87. The van der Waals surface area contributed by atoms with Crippen LogP contribution in [0.1, 0.15) is 33.3 Å². The normalized spacial score (nSPS) is 12.5. The molecular weight excluding hydrogens is 609 g/mol. The van der Waals surface area contributed by atoms with Gasteiger partial charge in [0, 0.05) is 16.6 Å². The zero-order valence-corrected chi connectivity index (χ0v) is 25.1. The second kappa shape index (κ2) is 12.5. The van der Waals surface area contributed by atoms with Crippen LogP contribution in [0.4, 0.5) is 10.1 Å². The van der Waals surface area contributed by atoms with Crippen molar-refractivity contribution in [3.63, 3.8) is 0 Å². The molecule has 0 aliphatic carbocycles. The second-order valence-electron chi connectivity index (χ2n) is 9.99. The first-order valence-corrected chi connectivity index (χ1v) is 14.7. The first-order valence-electron chi connectivity index (χ1n) is 12.1. The lowest BCUT2D eigenvalue weighted by Gasteiger charge is -2.33. The van der Waals surface area contributed by atoms with Gasteiger partial charge in [0.25, 0.3) is 10.0 Å². The minimum absolute atomic E-state index is 0.00832. The molecule has 0 spiro atoms. The third-order valence-electron chi connectivity index (χ3n) is 5.73. The van der Waals surface area contributed by atoms with E-state index in [1.165, 1.54) is 23.1 Å². The molecule has 0 heterocycles. The predicted octanol–water partition coefficient (Wildman–Crippen LogP) is 5.77. The molecule has 39 heavy (non-hydrogen) atoms. The van der Waals surface area contributed by atoms with E-state index in [0.717, 1.165) is 26.5 Å². The minimum Gasteiger partial charge on any atom is -0.350 e. The number of hydrogen-bond donors (Lipinski definition) is 1. The van der Waals surface area contributed by atoms with Crippen molar-refractivity contribution in [3.8, 4) is 0 Å². The number of amides is 2. The maximum absolute atomic E-state index is 14.0. The number of rotatable bonds is 9. The molecule has 2 amide bonds. The van der Waals surface area contributed by atoms with Gasteiger partial charge in [0.15, 0.2) is 0 Å². The summed E-state index contributed by atoms with van der Waals surface area (Å²) in [7, 11) is -4.27. The Morgan fingerprint density at radius 1 is 1.03 bits per heavy atom. The molecule has 0 radical (unpaired) electrons. The van der Waals surface area contributed by atoms with Crippen molar-refractivity contribution in [2.75, 3.05) is 10.8 Å². The first-order chi connectivity index (χ1) is 18.2. The van der Waals surface area contributed by atoms with Gasteiger partial charge >= 0.3 is 0 Å². The fourth-order valence-electron chi connectivity index (χ4n) is 3.73. The number of carbonyl (C=O) groups excluding carboxylic acids is 2. The van der Waals surface area contributed by atoms with Gasteiger partial charge < -0.3 is 10.2 Å². The molecule has 0 saturated carbocycles. The van der Waals surface area contributed by atoms with E-state index in [1.54, 1.807) is 37.3 Å². The number of benzene rings is 3. The lowest BCUT2D eigenvalue weighted by Crippen LogP contribution is -2.54. The molecule has 3 rings (SSSR count). The summed E-state index contributed by atoms with van der Waals surface area (Å²) in [6, 6.07) is 17.3. The van der Waals surface area contributed by atoms with Crippen molar-refractivity contribution in [3.05, 3.63) is 93.7 Å². The van der Waals surface area contributed by atoms with Gasteiger partial charge in [-0.25, -0.2) is 12.8 Å². The van der Waals surface area contributed by atoms with Crippen molar-refractivity contribution in [2.24, 2.45) is 0 Å². The summed E-state index contributed by atoms with van der Waals surface area (Å²) in [5.41, 5.74) is 0.198. The van der Waals surface area contributed by atoms with Crippen LogP contribution in [0, 0.1) is 5.82 Å². The molecule has 1 atom stereocenters. The Labute approximate surface area is 242 Å². The summed E-state index contributed by atoms with van der Waals surface area (Å²) < 4.78 is 43.1. The Bertz CT molecular complexity index is 1430. The summed E-state index contributed by atoms with van der Waals surface area (Å²) in [5.74, 6) is -1.75. The van der Waals surface area contributed by atoms with Crippen LogP contribution in [-0.2, 0) is 26.2 Å². The molecule has 0 unspecified atom stereocenters. The monoisotopic (exact) mass is 637 g/mol. The summed E-state index contributed by atoms with van der Waals surface area (Å²) in [4.78, 5) is 28.2. The fourth-order valence-corrected chi connectivity index (χ4v) is 5.60. The molecule has 0 bridgehead atoms. The maximum atomic E-state index is 14.0. The Morgan fingerprint density at radius 2 is 1.64 bits per heavy atom. The molecule has 7 nitrogen and oxygen atoms in total. The lowest BCUT2D eigenvalue weighted by atomic mass is 10.1. The Morgan fingerprint density at radius 3 is 2.21 bits per heavy atom. The summed E-state index contributed by atoms with van der Waals surface area (Å²) in [6.45, 7) is 6.46. The van der Waals surface area contributed by atoms with Gasteiger partial charge in [0.2, 0.25) is 11.8 Å². The largest absolute Gasteiger partial charge is 0.350 e. The zero-order valence-electron chi connectivity index (χ0n) is 22.0. The molecule has 0 aliphatic rings. The highest BCUT2D eigenvalue weighted by Gasteiger charge is 2.33. The number of sulfonamides is 1. The predicted molar refractivity (Wildman–Crippen MR) is 154 cm³/mol. The highest BCUT2D eigenvalue weighted by Crippen LogP contribution is 2.28. The number of hydrogen-bond acceptors (Lipinski definition) is 4. The molecule has 0 fully saturated rings. The van der Waals surface area contributed by atoms with Crippen LogP contribution in [0.2, 0.25) is 5.02 Å². The topological polar surface area (TPSA) is 86.8 Å². The van der Waals surface area contributed by atoms with Gasteiger partial charge in [0.05, 0.1) is 15.6 Å². The van der Waals surface area contributed by atoms with Crippen molar-refractivity contribution < 1.29 is 22.4 Å². The Balaban J connectivity index is 2.04. The quantitative estimate of drug-likeness (QED) is 0.323. The summed E-state index contributed by atoms with van der Waals surface area (Å²) in [6.07, 6.45) is 0. The van der Waals surface area contributed by atoms with Crippen LogP contribution in [0.15, 0.2) is 82.2 Å². The van der Waals surface area contributed by atoms with Crippen LogP contribution >= 0.6 is 27.5 Å². The minimum atomic E-state index is -4.27. The maximum Gasteiger partial charge on any atom is 0.264 e. The van der Waals surface area contributed by atoms with Crippen molar-refractivity contribution in [2.45, 2.75) is 50.7 Å². The third kappa shape index (κ3) is 8.03. The number of nitrogens with zero attached hydrogens (tertiary/aromatic N) is 2. The standard InChI is InChI=1S/C28H30BrClFN3O4S/c1-19(27(36)32-28(2,3)4)33(17-20-10-12-21(29)13-11-20)26(35)18-34(22-14-15-25(31)24(30)16-22)39(37,38)23-8-6-5-7-9-23/h5-16,19H,17-18H2,1-4H3,(H,32,36)/t19-/m1/s1. The van der Waals surface area contributed by atoms with Crippen LogP contribution in [0.25, 0.3) is 0 Å². The van der Waals surface area contributed by atoms with Gasteiger partial charge in [-0.1, -0.05) is 57.9 Å². The van der Waals surface area contributed by atoms with Crippen molar-refractivity contribution in [1.82, 2.24) is 10.2 Å². The molecule has 3 aromatic carbocycles. The molecular formula is C28H30BrClFN3O4S. The SMILES string of the molecule is C[C@H](C(=O)NC(C)(C)C)N(Cc1ccc(Br)cc1)C(=O)CN(c1ccc(F)c(Cl)c1)S(=O)(=O)c1ccccc1. The summed E-state index contributed by atoms with van der Waals surface area (Å²) >= 11 is 9.36. The van der Waals surface area contributed by atoms with E-state index < -0.39 is 45.8 Å². The molecule has 0 aromatic heterocycles. The highest BCUT2D eigenvalue weighted by molar-refractivity contribution is 9.10.